The number of piperidine rings is 1. The molecule has 0 radical (unpaired) electrons. The Bertz CT molecular complexity index is 908. The molecule has 1 saturated heterocycles. The second-order valence-corrected chi connectivity index (χ2v) is 8.21. The van der Waals surface area contributed by atoms with E-state index in [0.717, 1.165) is 55.6 Å². The van der Waals surface area contributed by atoms with Crippen LogP contribution in [0.15, 0.2) is 65.2 Å². The molecule has 0 unspecified atom stereocenters. The molecule has 3 rings (SSSR count). The summed E-state index contributed by atoms with van der Waals surface area (Å²) in [5.74, 6) is 0.654. The van der Waals surface area contributed by atoms with E-state index in [1.54, 1.807) is 0 Å². The van der Waals surface area contributed by atoms with Gasteiger partial charge in [-0.05, 0) is 72.7 Å². The molecule has 0 amide bonds. The summed E-state index contributed by atoms with van der Waals surface area (Å²) in [6.45, 7) is 5.54. The third-order valence-electron chi connectivity index (χ3n) is 5.95. The summed E-state index contributed by atoms with van der Waals surface area (Å²) < 4.78 is 0. The minimum Gasteiger partial charge on any atom is -0.370 e. The standard InChI is InChI=1S/C26H34N4O/c1-2-25(31)24(18-21-9-6-10-22(17-21)19-29-26(27)28)23-12-15-30(16-13-23)14-11-20-7-4-3-5-8-20/h3-10,17-18,23H,2,11-16,19H2,1H3,(H4,27,28,29)/b24-18-. The van der Waals surface area contributed by atoms with Crippen molar-refractivity contribution in [2.75, 3.05) is 19.6 Å². The molecule has 1 aliphatic rings. The minimum atomic E-state index is 0.0850. The van der Waals surface area contributed by atoms with Crippen molar-refractivity contribution in [2.45, 2.75) is 39.2 Å². The van der Waals surface area contributed by atoms with Crippen LogP contribution in [-0.2, 0) is 17.8 Å². The molecule has 1 fully saturated rings. The van der Waals surface area contributed by atoms with Crippen LogP contribution in [0.2, 0.25) is 0 Å². The molecule has 4 N–H and O–H groups in total. The molecule has 5 heteroatoms. The van der Waals surface area contributed by atoms with Crippen molar-refractivity contribution in [2.24, 2.45) is 22.4 Å². The van der Waals surface area contributed by atoms with Crippen molar-refractivity contribution < 1.29 is 4.79 Å². The Kier molecular flexibility index (Phi) is 8.42. The maximum absolute atomic E-state index is 12.8. The summed E-state index contributed by atoms with van der Waals surface area (Å²) in [6, 6.07) is 18.7. The highest BCUT2D eigenvalue weighted by Crippen LogP contribution is 2.28. The zero-order valence-corrected chi connectivity index (χ0v) is 18.5. The Morgan fingerprint density at radius 1 is 1.06 bits per heavy atom. The number of ketones is 1. The largest absolute Gasteiger partial charge is 0.370 e. The van der Waals surface area contributed by atoms with Gasteiger partial charge >= 0.3 is 0 Å². The van der Waals surface area contributed by atoms with E-state index in [1.807, 2.05) is 25.1 Å². The summed E-state index contributed by atoms with van der Waals surface area (Å²) in [5, 5.41) is 0. The van der Waals surface area contributed by atoms with Gasteiger partial charge in [-0.2, -0.15) is 0 Å². The van der Waals surface area contributed by atoms with Crippen molar-refractivity contribution in [3.05, 3.63) is 76.9 Å². The molecular weight excluding hydrogens is 384 g/mol. The lowest BCUT2D eigenvalue weighted by molar-refractivity contribution is -0.115. The summed E-state index contributed by atoms with van der Waals surface area (Å²) >= 11 is 0. The van der Waals surface area contributed by atoms with Crippen molar-refractivity contribution in [1.29, 1.82) is 0 Å². The molecule has 0 aliphatic carbocycles. The Balaban J connectivity index is 1.64. The maximum atomic E-state index is 12.8. The number of rotatable bonds is 9. The molecule has 0 aromatic heterocycles. The van der Waals surface area contributed by atoms with Crippen molar-refractivity contribution in [3.8, 4) is 0 Å². The molecule has 0 saturated carbocycles. The van der Waals surface area contributed by atoms with Gasteiger partial charge in [0.15, 0.2) is 11.7 Å². The molecule has 0 spiro atoms. The average molecular weight is 419 g/mol. The highest BCUT2D eigenvalue weighted by molar-refractivity contribution is 5.99. The topological polar surface area (TPSA) is 84.7 Å². The summed E-state index contributed by atoms with van der Waals surface area (Å²) in [4.78, 5) is 19.4. The molecule has 31 heavy (non-hydrogen) atoms. The van der Waals surface area contributed by atoms with Gasteiger partial charge in [0, 0.05) is 13.0 Å². The monoisotopic (exact) mass is 418 g/mol. The van der Waals surface area contributed by atoms with Crippen LogP contribution in [0, 0.1) is 5.92 Å². The first-order chi connectivity index (χ1) is 15.0. The fourth-order valence-electron chi connectivity index (χ4n) is 4.17. The number of allylic oxidation sites excluding steroid dienone is 1. The fraction of sp³-hybridized carbons (Fsp3) is 0.385. The highest BCUT2D eigenvalue weighted by atomic mass is 16.1. The molecule has 5 nitrogen and oxygen atoms in total. The number of benzene rings is 2. The van der Waals surface area contributed by atoms with Crippen LogP contribution in [0.4, 0.5) is 0 Å². The molecule has 0 atom stereocenters. The Morgan fingerprint density at radius 2 is 1.77 bits per heavy atom. The van der Waals surface area contributed by atoms with Gasteiger partial charge in [0.1, 0.15) is 0 Å². The van der Waals surface area contributed by atoms with Crippen LogP contribution in [0.1, 0.15) is 42.9 Å². The van der Waals surface area contributed by atoms with Crippen LogP contribution in [0.3, 0.4) is 0 Å². The zero-order valence-electron chi connectivity index (χ0n) is 18.5. The summed E-state index contributed by atoms with van der Waals surface area (Å²) in [7, 11) is 0. The lowest BCUT2D eigenvalue weighted by atomic mass is 9.84. The van der Waals surface area contributed by atoms with Crippen LogP contribution >= 0.6 is 0 Å². The number of aliphatic imine (C=N–C) groups is 1. The van der Waals surface area contributed by atoms with Gasteiger partial charge in [0.2, 0.25) is 0 Å². The van der Waals surface area contributed by atoms with E-state index in [0.29, 0.717) is 18.9 Å². The van der Waals surface area contributed by atoms with Crippen LogP contribution < -0.4 is 11.5 Å². The van der Waals surface area contributed by atoms with E-state index < -0.39 is 0 Å². The van der Waals surface area contributed by atoms with Crippen LogP contribution in [0.5, 0.6) is 0 Å². The quantitative estimate of drug-likeness (QED) is 0.369. The maximum Gasteiger partial charge on any atom is 0.186 e. The molecule has 164 valence electrons. The Labute approximate surface area is 185 Å². The number of guanidine groups is 1. The first-order valence-electron chi connectivity index (χ1n) is 11.2. The number of nitrogens with zero attached hydrogens (tertiary/aromatic N) is 2. The minimum absolute atomic E-state index is 0.0850. The molecule has 2 aromatic carbocycles. The Morgan fingerprint density at radius 3 is 2.45 bits per heavy atom. The molecule has 1 aliphatic heterocycles. The van der Waals surface area contributed by atoms with Gasteiger partial charge in [-0.3, -0.25) is 4.79 Å². The van der Waals surface area contributed by atoms with Gasteiger partial charge in [0.05, 0.1) is 6.54 Å². The fourth-order valence-corrected chi connectivity index (χ4v) is 4.17. The number of carbonyl (C=O) groups is 1. The van der Waals surface area contributed by atoms with Crippen LogP contribution in [0.25, 0.3) is 6.08 Å². The third kappa shape index (κ3) is 7.07. The predicted molar refractivity (Wildman–Crippen MR) is 129 cm³/mol. The highest BCUT2D eigenvalue weighted by Gasteiger charge is 2.25. The zero-order chi connectivity index (χ0) is 22.1. The first kappa shape index (κ1) is 22.8. The lowest BCUT2D eigenvalue weighted by Gasteiger charge is -2.33. The normalized spacial score (nSPS) is 15.6. The summed E-state index contributed by atoms with van der Waals surface area (Å²) in [6.07, 6.45) is 5.74. The number of nitrogens with two attached hydrogens (primary N) is 2. The summed E-state index contributed by atoms with van der Waals surface area (Å²) in [5.41, 5.74) is 15.3. The number of hydrogen-bond acceptors (Lipinski definition) is 3. The van der Waals surface area contributed by atoms with Gasteiger partial charge in [-0.15, -0.1) is 0 Å². The van der Waals surface area contributed by atoms with Crippen LogP contribution in [-0.4, -0.2) is 36.3 Å². The lowest BCUT2D eigenvalue weighted by Crippen LogP contribution is -2.36. The van der Waals surface area contributed by atoms with Crippen molar-refractivity contribution >= 4 is 17.8 Å². The van der Waals surface area contributed by atoms with E-state index in [1.165, 1.54) is 5.56 Å². The molecule has 0 bridgehead atoms. The molecular formula is C26H34N4O. The van der Waals surface area contributed by atoms with E-state index in [2.05, 4.69) is 52.4 Å². The number of hydrogen-bond donors (Lipinski definition) is 2. The van der Waals surface area contributed by atoms with Gasteiger partial charge in [-0.1, -0.05) is 55.5 Å². The average Bonchev–Trinajstić information content (AvgIpc) is 2.81. The van der Waals surface area contributed by atoms with Crippen molar-refractivity contribution in [3.63, 3.8) is 0 Å². The Hall–Kier alpha value is -2.92. The number of Topliss-reactive ketones (excluding diaryl/α,β-unsaturated/α-hetero) is 1. The molecule has 1 heterocycles. The first-order valence-corrected chi connectivity index (χ1v) is 11.2. The van der Waals surface area contributed by atoms with Gasteiger partial charge < -0.3 is 16.4 Å². The van der Waals surface area contributed by atoms with Gasteiger partial charge in [-0.25, -0.2) is 4.99 Å². The SMILES string of the molecule is CCC(=O)/C(=C\c1cccc(CN=C(N)N)c1)C1CCN(CCc2ccccc2)CC1. The number of likely N-dealkylation sites (tertiary alicyclic amines) is 1. The predicted octanol–water partition coefficient (Wildman–Crippen LogP) is 3.78. The van der Waals surface area contributed by atoms with Gasteiger partial charge in [0.25, 0.3) is 0 Å². The van der Waals surface area contributed by atoms with Crippen molar-refractivity contribution in [1.82, 2.24) is 4.90 Å². The number of carbonyl (C=O) groups excluding carboxylic acids is 1. The second-order valence-electron chi connectivity index (χ2n) is 8.21. The second kappa shape index (κ2) is 11.5. The third-order valence-corrected chi connectivity index (χ3v) is 5.95. The molecule has 2 aromatic rings. The van der Waals surface area contributed by atoms with E-state index in [9.17, 15) is 4.79 Å². The van der Waals surface area contributed by atoms with E-state index in [4.69, 9.17) is 11.5 Å². The smallest absolute Gasteiger partial charge is 0.186 e. The van der Waals surface area contributed by atoms with E-state index in [-0.39, 0.29) is 11.7 Å². The van der Waals surface area contributed by atoms with E-state index >= 15 is 0 Å².